The average Bonchev–Trinajstić information content (AvgIpc) is 3.41. The van der Waals surface area contributed by atoms with E-state index in [9.17, 15) is 19.2 Å². The van der Waals surface area contributed by atoms with Crippen molar-refractivity contribution in [2.75, 3.05) is 26.8 Å². The number of likely N-dealkylation sites (tertiary alicyclic amines) is 1. The molecule has 10 nitrogen and oxygen atoms in total. The summed E-state index contributed by atoms with van der Waals surface area (Å²) in [6.07, 6.45) is 7.71. The highest BCUT2D eigenvalue weighted by Crippen LogP contribution is 2.19. The fourth-order valence-corrected chi connectivity index (χ4v) is 3.96. The van der Waals surface area contributed by atoms with Gasteiger partial charge in [0.2, 0.25) is 5.91 Å². The number of alkyl carbamates (subject to hydrolysis) is 1. The van der Waals surface area contributed by atoms with Crippen molar-refractivity contribution in [1.82, 2.24) is 20.2 Å². The van der Waals surface area contributed by atoms with Crippen LogP contribution >= 0.6 is 0 Å². The lowest BCUT2D eigenvalue weighted by molar-refractivity contribution is -0.150. The van der Waals surface area contributed by atoms with Crippen molar-refractivity contribution in [2.45, 2.75) is 25.3 Å². The van der Waals surface area contributed by atoms with Gasteiger partial charge in [0.1, 0.15) is 18.3 Å². The standard InChI is InChI=1S/C27H30N4O6/c1-4-20-21(5-2)30-25(33)24(29-20)19-12-8-11-18(16-19)10-6-7-15-37-27(35)28-17-23(32)31-14-9-13-22(31)26(34)36-3/h4-6,8,10-12,16,22H,1-2,7,9,13-15,17H2,3H3,(H,28,35)(H,30,33)/b10-6+. The number of carbonyl (C=O) groups excluding carboxylic acids is 3. The number of esters is 1. The van der Waals surface area contributed by atoms with Crippen molar-refractivity contribution >= 4 is 36.2 Å². The highest BCUT2D eigenvalue weighted by molar-refractivity contribution is 5.87. The first-order valence-corrected chi connectivity index (χ1v) is 11.8. The van der Waals surface area contributed by atoms with Crippen molar-refractivity contribution in [3.63, 3.8) is 0 Å². The summed E-state index contributed by atoms with van der Waals surface area (Å²) < 4.78 is 9.83. The van der Waals surface area contributed by atoms with Crippen molar-refractivity contribution in [3.8, 4) is 11.3 Å². The Balaban J connectivity index is 1.48. The van der Waals surface area contributed by atoms with Gasteiger partial charge in [-0.15, -0.1) is 0 Å². The number of H-pyrrole nitrogens is 1. The van der Waals surface area contributed by atoms with Gasteiger partial charge in [0.15, 0.2) is 0 Å². The fourth-order valence-electron chi connectivity index (χ4n) is 3.96. The molecule has 3 rings (SSSR count). The second-order valence-corrected chi connectivity index (χ2v) is 8.20. The molecule has 2 heterocycles. The molecule has 0 spiro atoms. The van der Waals surface area contributed by atoms with Crippen LogP contribution < -0.4 is 10.9 Å². The zero-order valence-corrected chi connectivity index (χ0v) is 20.7. The number of aromatic nitrogens is 2. The van der Waals surface area contributed by atoms with Crippen molar-refractivity contribution in [3.05, 3.63) is 70.8 Å². The van der Waals surface area contributed by atoms with Crippen LogP contribution in [0.25, 0.3) is 29.5 Å². The minimum Gasteiger partial charge on any atom is -0.467 e. The lowest BCUT2D eigenvalue weighted by Crippen LogP contribution is -2.46. The van der Waals surface area contributed by atoms with Gasteiger partial charge < -0.3 is 24.7 Å². The highest BCUT2D eigenvalue weighted by atomic mass is 16.5. The molecule has 1 unspecified atom stereocenters. The van der Waals surface area contributed by atoms with Crippen LogP contribution in [0, 0.1) is 0 Å². The first kappa shape index (κ1) is 27.1. The number of amides is 2. The molecule has 37 heavy (non-hydrogen) atoms. The fraction of sp³-hybridized carbons (Fsp3) is 0.296. The van der Waals surface area contributed by atoms with E-state index in [1.807, 2.05) is 30.4 Å². The number of hydrogen-bond acceptors (Lipinski definition) is 7. The maximum absolute atomic E-state index is 12.5. The number of nitrogens with one attached hydrogen (secondary N) is 2. The van der Waals surface area contributed by atoms with Crippen LogP contribution in [0.1, 0.15) is 36.2 Å². The first-order valence-electron chi connectivity index (χ1n) is 11.8. The third kappa shape index (κ3) is 7.03. The van der Waals surface area contributed by atoms with Gasteiger partial charge in [-0.25, -0.2) is 14.6 Å². The summed E-state index contributed by atoms with van der Waals surface area (Å²) >= 11 is 0. The lowest BCUT2D eigenvalue weighted by atomic mass is 10.1. The predicted octanol–water partition coefficient (Wildman–Crippen LogP) is 3.02. The van der Waals surface area contributed by atoms with E-state index in [4.69, 9.17) is 9.47 Å². The van der Waals surface area contributed by atoms with Crippen LogP contribution in [-0.2, 0) is 19.1 Å². The molecule has 1 aliphatic heterocycles. The molecule has 1 fully saturated rings. The van der Waals surface area contributed by atoms with Crippen LogP contribution in [0.2, 0.25) is 0 Å². The zero-order chi connectivity index (χ0) is 26.8. The molecule has 0 saturated carbocycles. The third-order valence-electron chi connectivity index (χ3n) is 5.79. The van der Waals surface area contributed by atoms with Gasteiger partial charge in [-0.2, -0.15) is 0 Å². The van der Waals surface area contributed by atoms with Crippen LogP contribution in [0.15, 0.2) is 48.3 Å². The van der Waals surface area contributed by atoms with E-state index in [1.165, 1.54) is 18.1 Å². The number of carbonyl (C=O) groups is 3. The molecule has 1 aromatic carbocycles. The van der Waals surface area contributed by atoms with E-state index in [-0.39, 0.29) is 30.3 Å². The van der Waals surface area contributed by atoms with Gasteiger partial charge in [-0.3, -0.25) is 9.59 Å². The lowest BCUT2D eigenvalue weighted by Gasteiger charge is -2.22. The second-order valence-electron chi connectivity index (χ2n) is 8.20. The summed E-state index contributed by atoms with van der Waals surface area (Å²) in [5.74, 6) is -0.821. The average molecular weight is 507 g/mol. The second kappa shape index (κ2) is 13.0. The summed E-state index contributed by atoms with van der Waals surface area (Å²) in [6.45, 7) is 7.68. The molecule has 1 atom stereocenters. The summed E-state index contributed by atoms with van der Waals surface area (Å²) in [6, 6.07) is 6.70. The van der Waals surface area contributed by atoms with Crippen molar-refractivity contribution in [2.24, 2.45) is 0 Å². The number of nitrogens with zero attached hydrogens (tertiary/aromatic N) is 2. The van der Waals surface area contributed by atoms with Crippen LogP contribution in [-0.4, -0.2) is 65.7 Å². The predicted molar refractivity (Wildman–Crippen MR) is 140 cm³/mol. The van der Waals surface area contributed by atoms with Crippen LogP contribution in [0.5, 0.6) is 0 Å². The molecule has 0 aliphatic carbocycles. The monoisotopic (exact) mass is 506 g/mol. The summed E-state index contributed by atoms with van der Waals surface area (Å²) in [4.78, 5) is 57.1. The van der Waals surface area contributed by atoms with Crippen LogP contribution in [0.4, 0.5) is 4.79 Å². The minimum absolute atomic E-state index is 0.109. The van der Waals surface area contributed by atoms with Gasteiger partial charge in [0, 0.05) is 12.1 Å². The number of aromatic amines is 1. The van der Waals surface area contributed by atoms with Gasteiger partial charge in [0.05, 0.1) is 25.1 Å². The Bertz CT molecular complexity index is 1270. The number of methoxy groups -OCH3 is 1. The Morgan fingerprint density at radius 2 is 2.08 bits per heavy atom. The maximum Gasteiger partial charge on any atom is 0.407 e. The van der Waals surface area contributed by atoms with Gasteiger partial charge >= 0.3 is 12.1 Å². The van der Waals surface area contributed by atoms with Gasteiger partial charge in [-0.1, -0.05) is 43.5 Å². The molecule has 10 heteroatoms. The van der Waals surface area contributed by atoms with Crippen LogP contribution in [0.3, 0.4) is 0 Å². The third-order valence-corrected chi connectivity index (χ3v) is 5.79. The van der Waals surface area contributed by atoms with E-state index in [0.29, 0.717) is 42.8 Å². The summed E-state index contributed by atoms with van der Waals surface area (Å²) in [5.41, 5.74) is 2.48. The van der Waals surface area contributed by atoms with E-state index < -0.39 is 18.1 Å². The zero-order valence-electron chi connectivity index (χ0n) is 20.7. The topological polar surface area (TPSA) is 131 Å². The molecule has 2 amide bonds. The SMILES string of the molecule is C=Cc1nc(-c2cccc(/C=C/CCOC(=O)NCC(=O)N3CCCC3C(=O)OC)c2)c(=O)[nH]c1C=C. The van der Waals surface area contributed by atoms with E-state index >= 15 is 0 Å². The normalized spacial score (nSPS) is 14.8. The molecule has 1 aliphatic rings. The molecule has 1 aromatic heterocycles. The van der Waals surface area contributed by atoms with E-state index in [0.717, 1.165) is 5.56 Å². The first-order chi connectivity index (χ1) is 17.9. The van der Waals surface area contributed by atoms with E-state index in [1.54, 1.807) is 12.1 Å². The van der Waals surface area contributed by atoms with E-state index in [2.05, 4.69) is 28.4 Å². The molecule has 0 bridgehead atoms. The van der Waals surface area contributed by atoms with Gasteiger partial charge in [0.25, 0.3) is 5.56 Å². The Hall–Kier alpha value is -4.47. The number of rotatable bonds is 10. The molecular weight excluding hydrogens is 476 g/mol. The number of benzene rings is 1. The molecule has 194 valence electrons. The molecule has 0 radical (unpaired) electrons. The Kier molecular flexibility index (Phi) is 9.54. The number of hydrogen-bond donors (Lipinski definition) is 2. The summed E-state index contributed by atoms with van der Waals surface area (Å²) in [7, 11) is 1.28. The molecular formula is C27H30N4O6. The summed E-state index contributed by atoms with van der Waals surface area (Å²) in [5, 5.41) is 2.41. The smallest absolute Gasteiger partial charge is 0.407 e. The Morgan fingerprint density at radius 3 is 2.81 bits per heavy atom. The molecule has 2 N–H and O–H groups in total. The minimum atomic E-state index is -0.719. The highest BCUT2D eigenvalue weighted by Gasteiger charge is 2.34. The van der Waals surface area contributed by atoms with Crippen molar-refractivity contribution in [1.29, 1.82) is 0 Å². The Labute approximate surface area is 214 Å². The van der Waals surface area contributed by atoms with Gasteiger partial charge in [-0.05, 0) is 43.0 Å². The quantitative estimate of drug-likeness (QED) is 0.374. The Morgan fingerprint density at radius 1 is 1.27 bits per heavy atom. The van der Waals surface area contributed by atoms with Crippen molar-refractivity contribution < 1.29 is 23.9 Å². The maximum atomic E-state index is 12.5. The largest absolute Gasteiger partial charge is 0.467 e. The molecule has 2 aromatic rings. The number of ether oxygens (including phenoxy) is 2. The molecule has 1 saturated heterocycles.